The molecule has 28 heavy (non-hydrogen) atoms. The third kappa shape index (κ3) is 4.13. The van der Waals surface area contributed by atoms with Crippen LogP contribution in [-0.2, 0) is 12.3 Å². The van der Waals surface area contributed by atoms with Gasteiger partial charge in [0.25, 0.3) is 5.91 Å². The lowest BCUT2D eigenvalue weighted by Gasteiger charge is -2.16. The SMILES string of the molecule is CN(CCCNC(=O)c1noc2c1CSc1ccccc1-2)Cc1ccccc1. The monoisotopic (exact) mass is 393 g/mol. The van der Waals surface area contributed by atoms with Gasteiger partial charge in [-0.15, -0.1) is 11.8 Å². The number of carbonyl (C=O) groups excluding carboxylic acids is 1. The van der Waals surface area contributed by atoms with Crippen molar-refractivity contribution in [3.63, 3.8) is 0 Å². The van der Waals surface area contributed by atoms with E-state index in [1.54, 1.807) is 11.8 Å². The summed E-state index contributed by atoms with van der Waals surface area (Å²) in [6.07, 6.45) is 0.882. The van der Waals surface area contributed by atoms with E-state index < -0.39 is 0 Å². The van der Waals surface area contributed by atoms with Gasteiger partial charge in [-0.25, -0.2) is 0 Å². The molecule has 1 aliphatic heterocycles. The first-order valence-corrected chi connectivity index (χ1v) is 10.4. The summed E-state index contributed by atoms with van der Waals surface area (Å²) in [4.78, 5) is 16.0. The number of nitrogens with zero attached hydrogens (tertiary/aromatic N) is 2. The van der Waals surface area contributed by atoms with E-state index in [1.807, 2.05) is 24.3 Å². The molecule has 1 aromatic heterocycles. The minimum atomic E-state index is -0.157. The molecular formula is C22H23N3O2S. The van der Waals surface area contributed by atoms with Gasteiger partial charge >= 0.3 is 0 Å². The molecule has 0 atom stereocenters. The molecule has 0 bridgehead atoms. The Morgan fingerprint density at radius 2 is 1.96 bits per heavy atom. The van der Waals surface area contributed by atoms with Crippen LogP contribution < -0.4 is 5.32 Å². The number of carbonyl (C=O) groups is 1. The molecule has 2 aromatic carbocycles. The fourth-order valence-corrected chi connectivity index (χ4v) is 4.43. The molecule has 144 valence electrons. The molecule has 1 amide bonds. The molecule has 5 nitrogen and oxygen atoms in total. The van der Waals surface area contributed by atoms with Gasteiger partial charge in [-0.3, -0.25) is 4.79 Å². The van der Waals surface area contributed by atoms with Gasteiger partial charge in [0, 0.05) is 34.9 Å². The molecule has 0 spiro atoms. The molecule has 0 saturated heterocycles. The smallest absolute Gasteiger partial charge is 0.273 e. The van der Waals surface area contributed by atoms with Gasteiger partial charge < -0.3 is 14.7 Å². The number of hydrogen-bond donors (Lipinski definition) is 1. The summed E-state index contributed by atoms with van der Waals surface area (Å²) in [7, 11) is 2.09. The molecule has 0 fully saturated rings. The molecule has 0 radical (unpaired) electrons. The van der Waals surface area contributed by atoms with E-state index in [0.29, 0.717) is 18.0 Å². The molecule has 1 aliphatic rings. The van der Waals surface area contributed by atoms with Gasteiger partial charge in [-0.05, 0) is 37.7 Å². The summed E-state index contributed by atoms with van der Waals surface area (Å²) < 4.78 is 5.51. The molecule has 6 heteroatoms. The zero-order chi connectivity index (χ0) is 19.3. The van der Waals surface area contributed by atoms with Crippen LogP contribution in [0.15, 0.2) is 64.0 Å². The number of thioether (sulfide) groups is 1. The first-order valence-electron chi connectivity index (χ1n) is 9.44. The normalized spacial score (nSPS) is 12.5. The maximum Gasteiger partial charge on any atom is 0.273 e. The molecule has 0 unspecified atom stereocenters. The Labute approximate surface area is 169 Å². The van der Waals surface area contributed by atoms with Crippen LogP contribution in [0.3, 0.4) is 0 Å². The maximum absolute atomic E-state index is 12.6. The van der Waals surface area contributed by atoms with Crippen molar-refractivity contribution in [2.24, 2.45) is 0 Å². The van der Waals surface area contributed by atoms with E-state index in [4.69, 9.17) is 4.52 Å². The zero-order valence-electron chi connectivity index (χ0n) is 15.9. The number of rotatable bonds is 7. The summed E-state index contributed by atoms with van der Waals surface area (Å²) >= 11 is 1.71. The van der Waals surface area contributed by atoms with Crippen molar-refractivity contribution in [2.45, 2.75) is 23.6 Å². The summed E-state index contributed by atoms with van der Waals surface area (Å²) in [5.74, 6) is 1.27. The Morgan fingerprint density at radius 1 is 1.18 bits per heavy atom. The van der Waals surface area contributed by atoms with Crippen LogP contribution in [0.5, 0.6) is 0 Å². The Balaban J connectivity index is 1.29. The lowest BCUT2D eigenvalue weighted by atomic mass is 10.1. The molecule has 4 rings (SSSR count). The van der Waals surface area contributed by atoms with Crippen molar-refractivity contribution in [1.29, 1.82) is 0 Å². The molecule has 3 aromatic rings. The Kier molecular flexibility index (Phi) is 5.78. The van der Waals surface area contributed by atoms with Crippen LogP contribution >= 0.6 is 11.8 Å². The van der Waals surface area contributed by atoms with Crippen molar-refractivity contribution in [3.05, 3.63) is 71.4 Å². The standard InChI is InChI=1S/C22H23N3O2S/c1-25(14-16-8-3-2-4-9-16)13-7-12-23-22(26)20-18-15-28-19-11-6-5-10-17(19)21(18)27-24-20/h2-6,8-11H,7,12-15H2,1H3,(H,23,26). The lowest BCUT2D eigenvalue weighted by Crippen LogP contribution is -2.29. The number of nitrogens with one attached hydrogen (secondary N) is 1. The predicted molar refractivity (Wildman–Crippen MR) is 111 cm³/mol. The third-order valence-electron chi connectivity index (χ3n) is 4.80. The van der Waals surface area contributed by atoms with Gasteiger partial charge in [-0.2, -0.15) is 0 Å². The van der Waals surface area contributed by atoms with Gasteiger partial charge in [0.15, 0.2) is 11.5 Å². The molecule has 1 N–H and O–H groups in total. The van der Waals surface area contributed by atoms with Crippen LogP contribution in [0.2, 0.25) is 0 Å². The summed E-state index contributed by atoms with van der Waals surface area (Å²) in [5.41, 5.74) is 3.61. The van der Waals surface area contributed by atoms with Crippen molar-refractivity contribution in [3.8, 4) is 11.3 Å². The van der Waals surface area contributed by atoms with Gasteiger partial charge in [0.2, 0.25) is 0 Å². The third-order valence-corrected chi connectivity index (χ3v) is 5.90. The second kappa shape index (κ2) is 8.63. The van der Waals surface area contributed by atoms with Crippen LogP contribution in [0.1, 0.15) is 28.0 Å². The number of benzene rings is 2. The second-order valence-corrected chi connectivity index (χ2v) is 7.97. The number of hydrogen-bond acceptors (Lipinski definition) is 5. The second-order valence-electron chi connectivity index (χ2n) is 6.96. The highest BCUT2D eigenvalue weighted by atomic mass is 32.2. The molecule has 2 heterocycles. The quantitative estimate of drug-likeness (QED) is 0.610. The van der Waals surface area contributed by atoms with Crippen LogP contribution in [0.25, 0.3) is 11.3 Å². The Hall–Kier alpha value is -2.57. The largest absolute Gasteiger partial charge is 0.355 e. The topological polar surface area (TPSA) is 58.4 Å². The van der Waals surface area contributed by atoms with E-state index in [2.05, 4.69) is 52.8 Å². The maximum atomic E-state index is 12.6. The van der Waals surface area contributed by atoms with Gasteiger partial charge in [-0.1, -0.05) is 47.6 Å². The van der Waals surface area contributed by atoms with Crippen LogP contribution in [0, 0.1) is 0 Å². The highest BCUT2D eigenvalue weighted by Crippen LogP contribution is 2.42. The van der Waals surface area contributed by atoms with E-state index in [0.717, 1.165) is 36.4 Å². The average molecular weight is 394 g/mol. The van der Waals surface area contributed by atoms with Crippen LogP contribution in [-0.4, -0.2) is 36.1 Å². The predicted octanol–water partition coefficient (Wildman–Crippen LogP) is 4.20. The Morgan fingerprint density at radius 3 is 2.82 bits per heavy atom. The summed E-state index contributed by atoms with van der Waals surface area (Å²) in [5, 5.41) is 7.04. The van der Waals surface area contributed by atoms with Crippen molar-refractivity contribution < 1.29 is 9.32 Å². The van der Waals surface area contributed by atoms with Crippen molar-refractivity contribution >= 4 is 17.7 Å². The number of aromatic nitrogens is 1. The van der Waals surface area contributed by atoms with E-state index in [1.165, 1.54) is 10.5 Å². The first-order chi connectivity index (χ1) is 13.7. The average Bonchev–Trinajstić information content (AvgIpc) is 3.16. The van der Waals surface area contributed by atoms with E-state index in [-0.39, 0.29) is 5.91 Å². The number of fused-ring (bicyclic) bond motifs is 3. The summed E-state index contributed by atoms with van der Waals surface area (Å²) in [6.45, 7) is 2.43. The van der Waals surface area contributed by atoms with Crippen molar-refractivity contribution in [1.82, 2.24) is 15.4 Å². The highest BCUT2D eigenvalue weighted by Gasteiger charge is 2.27. The molecule has 0 saturated carbocycles. The van der Waals surface area contributed by atoms with Gasteiger partial charge in [0.1, 0.15) is 0 Å². The summed E-state index contributed by atoms with van der Waals surface area (Å²) in [6, 6.07) is 18.5. The van der Waals surface area contributed by atoms with Gasteiger partial charge in [0.05, 0.1) is 0 Å². The van der Waals surface area contributed by atoms with Crippen molar-refractivity contribution in [2.75, 3.05) is 20.1 Å². The van der Waals surface area contributed by atoms with E-state index in [9.17, 15) is 4.79 Å². The lowest BCUT2D eigenvalue weighted by molar-refractivity contribution is 0.0942. The fraction of sp³-hybridized carbons (Fsp3) is 0.273. The van der Waals surface area contributed by atoms with E-state index >= 15 is 0 Å². The molecular weight excluding hydrogens is 370 g/mol. The zero-order valence-corrected chi connectivity index (χ0v) is 16.7. The Bertz CT molecular complexity index is 955. The van der Waals surface area contributed by atoms with Crippen LogP contribution in [0.4, 0.5) is 0 Å². The minimum absolute atomic E-state index is 0.157. The number of amides is 1. The molecule has 0 aliphatic carbocycles. The minimum Gasteiger partial charge on any atom is -0.355 e. The highest BCUT2D eigenvalue weighted by molar-refractivity contribution is 7.98. The fourth-order valence-electron chi connectivity index (χ4n) is 3.37. The first kappa shape index (κ1) is 18.8.